The van der Waals surface area contributed by atoms with E-state index in [0.29, 0.717) is 38.5 Å². The van der Waals surface area contributed by atoms with Crippen molar-refractivity contribution >= 4 is 11.9 Å². The molecule has 7 nitrogen and oxygen atoms in total. The summed E-state index contributed by atoms with van der Waals surface area (Å²) in [7, 11) is 0. The maximum Gasteiger partial charge on any atom is 0.320 e. The molecule has 3 aliphatic rings. The Morgan fingerprint density at radius 1 is 1.17 bits per heavy atom. The third kappa shape index (κ3) is 4.59. The lowest BCUT2D eigenvalue weighted by Crippen LogP contribution is -2.62. The number of morpholine rings is 1. The Labute approximate surface area is 176 Å². The SMILES string of the molecule is O=C1COC2CCN(C(=O)N3CCC(C(CCO)c4ccc(F)cc4)CC3)CC2N1. The van der Waals surface area contributed by atoms with Crippen molar-refractivity contribution in [3.05, 3.63) is 35.6 Å². The van der Waals surface area contributed by atoms with Gasteiger partial charge in [-0.3, -0.25) is 4.79 Å². The van der Waals surface area contributed by atoms with E-state index in [1.165, 1.54) is 12.1 Å². The number of nitrogens with zero attached hydrogens (tertiary/aromatic N) is 2. The first-order valence-electron chi connectivity index (χ1n) is 10.9. The van der Waals surface area contributed by atoms with Crippen molar-refractivity contribution in [1.29, 1.82) is 0 Å². The Bertz CT molecular complexity index is 751. The van der Waals surface area contributed by atoms with Gasteiger partial charge in [0.25, 0.3) is 0 Å². The van der Waals surface area contributed by atoms with Crippen LogP contribution in [0.1, 0.15) is 37.2 Å². The highest BCUT2D eigenvalue weighted by Gasteiger charge is 2.38. The maximum atomic E-state index is 13.3. The third-order valence-corrected chi connectivity index (χ3v) is 6.71. The number of ether oxygens (including phenoxy) is 1. The second kappa shape index (κ2) is 9.31. The second-order valence-corrected chi connectivity index (χ2v) is 8.54. The zero-order valence-electron chi connectivity index (χ0n) is 17.1. The van der Waals surface area contributed by atoms with Gasteiger partial charge in [-0.2, -0.15) is 0 Å². The fraction of sp³-hybridized carbons (Fsp3) is 0.636. The molecular weight excluding hydrogens is 389 g/mol. The van der Waals surface area contributed by atoms with Gasteiger partial charge in [0.1, 0.15) is 12.4 Å². The summed E-state index contributed by atoms with van der Waals surface area (Å²) in [6, 6.07) is 6.43. The van der Waals surface area contributed by atoms with Crippen molar-refractivity contribution < 1.29 is 23.8 Å². The molecule has 2 N–H and O–H groups in total. The van der Waals surface area contributed by atoms with Gasteiger partial charge in [0, 0.05) is 32.8 Å². The van der Waals surface area contributed by atoms with E-state index in [4.69, 9.17) is 4.74 Å². The predicted molar refractivity (Wildman–Crippen MR) is 108 cm³/mol. The first kappa shape index (κ1) is 21.1. The summed E-state index contributed by atoms with van der Waals surface area (Å²) in [4.78, 5) is 28.3. The van der Waals surface area contributed by atoms with Gasteiger partial charge < -0.3 is 25.0 Å². The number of carbonyl (C=O) groups excluding carboxylic acids is 2. The summed E-state index contributed by atoms with van der Waals surface area (Å²) in [6.07, 6.45) is 3.07. The molecule has 30 heavy (non-hydrogen) atoms. The summed E-state index contributed by atoms with van der Waals surface area (Å²) in [6.45, 7) is 2.65. The van der Waals surface area contributed by atoms with Crippen molar-refractivity contribution in [3.8, 4) is 0 Å². The molecule has 3 aliphatic heterocycles. The quantitative estimate of drug-likeness (QED) is 0.779. The first-order valence-corrected chi connectivity index (χ1v) is 10.9. The van der Waals surface area contributed by atoms with Crippen LogP contribution in [-0.2, 0) is 9.53 Å². The highest BCUT2D eigenvalue weighted by molar-refractivity contribution is 5.79. The van der Waals surface area contributed by atoms with Crippen LogP contribution in [0.3, 0.4) is 0 Å². The Morgan fingerprint density at radius 2 is 1.87 bits per heavy atom. The first-order chi connectivity index (χ1) is 14.5. The Morgan fingerprint density at radius 3 is 2.57 bits per heavy atom. The number of aliphatic hydroxyl groups is 1. The van der Waals surface area contributed by atoms with E-state index in [0.717, 1.165) is 24.8 Å². The minimum atomic E-state index is -0.259. The number of hydrogen-bond acceptors (Lipinski definition) is 4. The van der Waals surface area contributed by atoms with Crippen LogP contribution in [0.15, 0.2) is 24.3 Å². The van der Waals surface area contributed by atoms with Gasteiger partial charge in [0.2, 0.25) is 5.91 Å². The number of urea groups is 1. The smallest absolute Gasteiger partial charge is 0.320 e. The lowest BCUT2D eigenvalue weighted by molar-refractivity contribution is -0.139. The minimum absolute atomic E-state index is 0.00700. The van der Waals surface area contributed by atoms with Crippen LogP contribution in [0.5, 0.6) is 0 Å². The Balaban J connectivity index is 1.33. The molecule has 0 bridgehead atoms. The molecule has 3 saturated heterocycles. The van der Waals surface area contributed by atoms with E-state index in [1.54, 1.807) is 12.1 Å². The summed E-state index contributed by atoms with van der Waals surface area (Å²) in [5.74, 6) is 0.133. The number of hydrogen-bond donors (Lipinski definition) is 2. The number of likely N-dealkylation sites (tertiary alicyclic amines) is 2. The van der Waals surface area contributed by atoms with Gasteiger partial charge in [-0.15, -0.1) is 0 Å². The predicted octanol–water partition coefficient (Wildman–Crippen LogP) is 1.71. The van der Waals surface area contributed by atoms with Crippen LogP contribution in [0, 0.1) is 11.7 Å². The largest absolute Gasteiger partial charge is 0.396 e. The fourth-order valence-corrected chi connectivity index (χ4v) is 5.09. The number of carbonyl (C=O) groups is 2. The second-order valence-electron chi connectivity index (χ2n) is 8.54. The van der Waals surface area contributed by atoms with Crippen molar-refractivity contribution in [3.63, 3.8) is 0 Å². The molecule has 164 valence electrons. The monoisotopic (exact) mass is 419 g/mol. The van der Waals surface area contributed by atoms with E-state index in [-0.39, 0.29) is 49.0 Å². The molecule has 3 heterocycles. The molecule has 4 rings (SSSR count). The molecular formula is C22H30FN3O4. The van der Waals surface area contributed by atoms with Crippen molar-refractivity contribution in [1.82, 2.24) is 15.1 Å². The average Bonchev–Trinajstić information content (AvgIpc) is 2.77. The van der Waals surface area contributed by atoms with E-state index in [1.807, 2.05) is 9.80 Å². The summed E-state index contributed by atoms with van der Waals surface area (Å²) < 4.78 is 18.9. The lowest BCUT2D eigenvalue weighted by Gasteiger charge is -2.44. The van der Waals surface area contributed by atoms with Crippen LogP contribution in [0.4, 0.5) is 9.18 Å². The van der Waals surface area contributed by atoms with Crippen molar-refractivity contribution in [2.24, 2.45) is 5.92 Å². The molecule has 3 unspecified atom stereocenters. The molecule has 0 spiro atoms. The molecule has 0 aliphatic carbocycles. The highest BCUT2D eigenvalue weighted by Crippen LogP contribution is 2.35. The minimum Gasteiger partial charge on any atom is -0.396 e. The lowest BCUT2D eigenvalue weighted by atomic mass is 9.78. The molecule has 0 aromatic heterocycles. The van der Waals surface area contributed by atoms with E-state index in [2.05, 4.69) is 5.32 Å². The molecule has 3 fully saturated rings. The van der Waals surface area contributed by atoms with E-state index >= 15 is 0 Å². The van der Waals surface area contributed by atoms with Crippen LogP contribution in [0.25, 0.3) is 0 Å². The maximum absolute atomic E-state index is 13.3. The highest BCUT2D eigenvalue weighted by atomic mass is 19.1. The van der Waals surface area contributed by atoms with Gasteiger partial charge in [-0.05, 0) is 55.2 Å². The van der Waals surface area contributed by atoms with Gasteiger partial charge in [0.15, 0.2) is 0 Å². The molecule has 3 atom stereocenters. The fourth-order valence-electron chi connectivity index (χ4n) is 5.09. The van der Waals surface area contributed by atoms with Crippen LogP contribution in [-0.4, -0.2) is 78.4 Å². The number of rotatable bonds is 4. The van der Waals surface area contributed by atoms with E-state index < -0.39 is 0 Å². The molecule has 0 saturated carbocycles. The Kier molecular flexibility index (Phi) is 6.53. The summed E-state index contributed by atoms with van der Waals surface area (Å²) >= 11 is 0. The number of benzene rings is 1. The number of fused-ring (bicyclic) bond motifs is 1. The van der Waals surface area contributed by atoms with Gasteiger partial charge in [-0.1, -0.05) is 12.1 Å². The van der Waals surface area contributed by atoms with Gasteiger partial charge in [-0.25, -0.2) is 9.18 Å². The van der Waals surface area contributed by atoms with Gasteiger partial charge in [0.05, 0.1) is 12.1 Å². The van der Waals surface area contributed by atoms with Crippen LogP contribution >= 0.6 is 0 Å². The standard InChI is InChI=1S/C22H30FN3O4/c23-17-3-1-15(2-4-17)18(8-12-27)16-5-9-25(10-6-16)22(29)26-11-7-20-19(13-26)24-21(28)14-30-20/h1-4,16,18-20,27H,5-14H2,(H,24,28). The molecule has 8 heteroatoms. The van der Waals surface area contributed by atoms with Crippen LogP contribution in [0.2, 0.25) is 0 Å². The van der Waals surface area contributed by atoms with Gasteiger partial charge >= 0.3 is 6.03 Å². The third-order valence-electron chi connectivity index (χ3n) is 6.71. The zero-order valence-corrected chi connectivity index (χ0v) is 17.1. The normalized spacial score (nSPS) is 26.1. The number of piperidine rings is 2. The Hall–Kier alpha value is -2.19. The van der Waals surface area contributed by atoms with Crippen LogP contribution < -0.4 is 5.32 Å². The van der Waals surface area contributed by atoms with E-state index in [9.17, 15) is 19.1 Å². The summed E-state index contributed by atoms with van der Waals surface area (Å²) in [5.41, 5.74) is 1.05. The molecule has 1 aromatic carbocycles. The molecule has 0 radical (unpaired) electrons. The van der Waals surface area contributed by atoms with Crippen molar-refractivity contribution in [2.75, 3.05) is 39.4 Å². The number of aliphatic hydroxyl groups excluding tert-OH is 1. The summed E-state index contributed by atoms with van der Waals surface area (Å²) in [5, 5.41) is 12.5. The molecule has 1 aromatic rings. The average molecular weight is 419 g/mol. The number of amides is 3. The molecule has 3 amide bonds. The topological polar surface area (TPSA) is 82.1 Å². The van der Waals surface area contributed by atoms with Crippen molar-refractivity contribution in [2.45, 2.75) is 43.7 Å². The zero-order chi connectivity index (χ0) is 21.1. The number of halogens is 1. The number of nitrogens with one attached hydrogen (secondary N) is 1.